The third kappa shape index (κ3) is 6.38. The predicted molar refractivity (Wildman–Crippen MR) is 102 cm³/mol. The zero-order chi connectivity index (χ0) is 16.9. The van der Waals surface area contributed by atoms with Crippen LogP contribution >= 0.6 is 35.3 Å². The normalized spacial score (nSPS) is 16.9. The number of piperidine rings is 1. The van der Waals surface area contributed by atoms with Crippen molar-refractivity contribution in [3.05, 3.63) is 16.1 Å². The SMILES string of the molecule is CCNC(=NCCc1nc(C(F)(F)F)cs1)N1CCC(C)CC1.I. The highest BCUT2D eigenvalue weighted by atomic mass is 127. The molecule has 2 heterocycles. The summed E-state index contributed by atoms with van der Waals surface area (Å²) in [6.07, 6.45) is -1.64. The number of rotatable bonds is 4. The molecule has 2 rings (SSSR count). The molecule has 4 nitrogen and oxygen atoms in total. The molecular weight excluding hydrogens is 452 g/mol. The lowest BCUT2D eigenvalue weighted by atomic mass is 10.00. The lowest BCUT2D eigenvalue weighted by Gasteiger charge is -2.33. The summed E-state index contributed by atoms with van der Waals surface area (Å²) < 4.78 is 37.6. The average molecular weight is 476 g/mol. The fraction of sp³-hybridized carbons (Fsp3) is 0.733. The number of nitrogens with zero attached hydrogens (tertiary/aromatic N) is 3. The summed E-state index contributed by atoms with van der Waals surface area (Å²) in [5.74, 6) is 1.59. The molecule has 0 aromatic carbocycles. The number of aliphatic imine (C=N–C) groups is 1. The van der Waals surface area contributed by atoms with E-state index < -0.39 is 11.9 Å². The highest BCUT2D eigenvalue weighted by Gasteiger charge is 2.33. The molecule has 1 aliphatic rings. The van der Waals surface area contributed by atoms with Crippen molar-refractivity contribution in [3.63, 3.8) is 0 Å². The Morgan fingerprint density at radius 3 is 2.62 bits per heavy atom. The Labute approximate surface area is 162 Å². The van der Waals surface area contributed by atoms with Crippen LogP contribution in [0.3, 0.4) is 0 Å². The van der Waals surface area contributed by atoms with Crippen LogP contribution in [-0.4, -0.2) is 42.0 Å². The predicted octanol–water partition coefficient (Wildman–Crippen LogP) is 4.02. The van der Waals surface area contributed by atoms with Gasteiger partial charge in [0.05, 0.1) is 5.01 Å². The molecule has 1 N–H and O–H groups in total. The largest absolute Gasteiger partial charge is 0.434 e. The first-order chi connectivity index (χ1) is 10.9. The zero-order valence-electron chi connectivity index (χ0n) is 13.9. The van der Waals surface area contributed by atoms with E-state index in [1.54, 1.807) is 0 Å². The first-order valence-electron chi connectivity index (χ1n) is 7.95. The molecule has 0 amide bonds. The Balaban J connectivity index is 0.00000288. The molecule has 0 radical (unpaired) electrons. The van der Waals surface area contributed by atoms with E-state index in [1.165, 1.54) is 0 Å². The lowest BCUT2D eigenvalue weighted by Crippen LogP contribution is -2.45. The summed E-state index contributed by atoms with van der Waals surface area (Å²) >= 11 is 1.04. The van der Waals surface area contributed by atoms with Crippen molar-refractivity contribution in [1.29, 1.82) is 0 Å². The van der Waals surface area contributed by atoms with Gasteiger partial charge in [-0.1, -0.05) is 6.92 Å². The molecule has 1 aromatic heterocycles. The fourth-order valence-electron chi connectivity index (χ4n) is 2.46. The molecule has 1 saturated heterocycles. The van der Waals surface area contributed by atoms with Crippen molar-refractivity contribution in [2.75, 3.05) is 26.2 Å². The second-order valence-electron chi connectivity index (χ2n) is 5.78. The fourth-order valence-corrected chi connectivity index (χ4v) is 3.25. The van der Waals surface area contributed by atoms with Gasteiger partial charge >= 0.3 is 6.18 Å². The van der Waals surface area contributed by atoms with Crippen LogP contribution in [0.25, 0.3) is 0 Å². The number of aromatic nitrogens is 1. The van der Waals surface area contributed by atoms with Gasteiger partial charge in [-0.15, -0.1) is 35.3 Å². The second-order valence-corrected chi connectivity index (χ2v) is 6.72. The van der Waals surface area contributed by atoms with Gasteiger partial charge in [0.25, 0.3) is 0 Å². The van der Waals surface area contributed by atoms with Gasteiger partial charge in [0.1, 0.15) is 0 Å². The van der Waals surface area contributed by atoms with Gasteiger partial charge in [-0.25, -0.2) is 4.98 Å². The average Bonchev–Trinajstić information content (AvgIpc) is 2.96. The van der Waals surface area contributed by atoms with Crippen LogP contribution in [0.2, 0.25) is 0 Å². The zero-order valence-corrected chi connectivity index (χ0v) is 17.0. The summed E-state index contributed by atoms with van der Waals surface area (Å²) in [6, 6.07) is 0. The van der Waals surface area contributed by atoms with Crippen molar-refractivity contribution >= 4 is 41.3 Å². The molecule has 0 atom stereocenters. The standard InChI is InChI=1S/C15H23F3N4S.HI/c1-3-19-14(22-8-5-11(2)6-9-22)20-7-4-13-21-12(10-23-13)15(16,17)18;/h10-11H,3-9H2,1-2H3,(H,19,20);1H. The van der Waals surface area contributed by atoms with Crippen molar-refractivity contribution in [1.82, 2.24) is 15.2 Å². The maximum atomic E-state index is 12.5. The Kier molecular flexibility index (Phi) is 8.75. The molecule has 0 bridgehead atoms. The first-order valence-corrected chi connectivity index (χ1v) is 8.83. The Bertz CT molecular complexity index is 525. The van der Waals surface area contributed by atoms with Crippen LogP contribution in [0.1, 0.15) is 37.4 Å². The third-order valence-corrected chi connectivity index (χ3v) is 4.76. The van der Waals surface area contributed by atoms with Crippen LogP contribution in [-0.2, 0) is 12.6 Å². The van der Waals surface area contributed by atoms with Crippen LogP contribution in [0.15, 0.2) is 10.4 Å². The first kappa shape index (κ1) is 21.5. The third-order valence-electron chi connectivity index (χ3n) is 3.85. The maximum Gasteiger partial charge on any atom is 0.434 e. The molecule has 0 saturated carbocycles. The quantitative estimate of drug-likeness (QED) is 0.406. The van der Waals surface area contributed by atoms with E-state index in [9.17, 15) is 13.2 Å². The van der Waals surface area contributed by atoms with Crippen molar-refractivity contribution in [3.8, 4) is 0 Å². The minimum absolute atomic E-state index is 0. The molecule has 9 heteroatoms. The number of hydrogen-bond acceptors (Lipinski definition) is 3. The van der Waals surface area contributed by atoms with Crippen molar-refractivity contribution < 1.29 is 13.2 Å². The minimum Gasteiger partial charge on any atom is -0.357 e. The smallest absolute Gasteiger partial charge is 0.357 e. The molecule has 0 unspecified atom stereocenters. The summed E-state index contributed by atoms with van der Waals surface area (Å²) in [6.45, 7) is 7.44. The molecule has 0 aliphatic carbocycles. The Morgan fingerprint density at radius 2 is 2.08 bits per heavy atom. The van der Waals surface area contributed by atoms with E-state index in [4.69, 9.17) is 0 Å². The Hall–Kier alpha value is -0.580. The number of guanidine groups is 1. The van der Waals surface area contributed by atoms with E-state index in [2.05, 4.69) is 27.1 Å². The van der Waals surface area contributed by atoms with E-state index in [1.807, 2.05) is 6.92 Å². The highest BCUT2D eigenvalue weighted by molar-refractivity contribution is 14.0. The number of halogens is 4. The van der Waals surface area contributed by atoms with Crippen LogP contribution in [0.5, 0.6) is 0 Å². The van der Waals surface area contributed by atoms with Crippen LogP contribution < -0.4 is 5.32 Å². The molecule has 0 spiro atoms. The number of thiazole rings is 1. The molecule has 138 valence electrons. The molecule has 24 heavy (non-hydrogen) atoms. The molecular formula is C15H24F3IN4S. The topological polar surface area (TPSA) is 40.5 Å². The molecule has 1 aliphatic heterocycles. The van der Waals surface area contributed by atoms with E-state index >= 15 is 0 Å². The van der Waals surface area contributed by atoms with Gasteiger partial charge in [0.15, 0.2) is 11.7 Å². The second kappa shape index (κ2) is 9.79. The van der Waals surface area contributed by atoms with E-state index in [0.717, 1.165) is 61.1 Å². The minimum atomic E-state index is -4.36. The van der Waals surface area contributed by atoms with Crippen LogP contribution in [0.4, 0.5) is 13.2 Å². The van der Waals surface area contributed by atoms with Crippen LogP contribution in [0, 0.1) is 5.92 Å². The summed E-state index contributed by atoms with van der Waals surface area (Å²) in [7, 11) is 0. The number of likely N-dealkylation sites (tertiary alicyclic amines) is 1. The summed E-state index contributed by atoms with van der Waals surface area (Å²) in [5.41, 5.74) is -0.807. The van der Waals surface area contributed by atoms with E-state index in [-0.39, 0.29) is 24.0 Å². The maximum absolute atomic E-state index is 12.5. The van der Waals surface area contributed by atoms with Gasteiger partial charge in [-0.3, -0.25) is 4.99 Å². The van der Waals surface area contributed by atoms with E-state index in [0.29, 0.717) is 18.0 Å². The number of hydrogen-bond donors (Lipinski definition) is 1. The highest BCUT2D eigenvalue weighted by Crippen LogP contribution is 2.30. The van der Waals surface area contributed by atoms with Gasteiger partial charge in [0, 0.05) is 38.0 Å². The van der Waals surface area contributed by atoms with Crippen molar-refractivity contribution in [2.45, 2.75) is 39.3 Å². The van der Waals surface area contributed by atoms with Gasteiger partial charge in [0.2, 0.25) is 0 Å². The lowest BCUT2D eigenvalue weighted by molar-refractivity contribution is -0.140. The van der Waals surface area contributed by atoms with Gasteiger partial charge in [-0.05, 0) is 25.7 Å². The monoisotopic (exact) mass is 476 g/mol. The van der Waals surface area contributed by atoms with Gasteiger partial charge < -0.3 is 10.2 Å². The summed E-state index contributed by atoms with van der Waals surface area (Å²) in [5, 5.41) is 4.80. The summed E-state index contributed by atoms with van der Waals surface area (Å²) in [4.78, 5) is 10.4. The van der Waals surface area contributed by atoms with Gasteiger partial charge in [-0.2, -0.15) is 13.2 Å². The van der Waals surface area contributed by atoms with Crippen molar-refractivity contribution in [2.24, 2.45) is 10.9 Å². The molecule has 1 fully saturated rings. The molecule has 1 aromatic rings. The Morgan fingerprint density at radius 1 is 1.42 bits per heavy atom. The number of alkyl halides is 3. The number of nitrogens with one attached hydrogen (secondary N) is 1.